The predicted molar refractivity (Wildman–Crippen MR) is 59.9 cm³/mol. The summed E-state index contributed by atoms with van der Waals surface area (Å²) >= 11 is 5.52. The molecule has 0 aromatic carbocycles. The van der Waals surface area contributed by atoms with Crippen LogP contribution in [0.3, 0.4) is 0 Å². The van der Waals surface area contributed by atoms with Crippen molar-refractivity contribution in [2.45, 2.75) is 6.42 Å². The lowest BCUT2D eigenvalue weighted by Crippen LogP contribution is -2.01. The van der Waals surface area contributed by atoms with Gasteiger partial charge in [0.2, 0.25) is 0 Å². The molecule has 0 spiro atoms. The average molecular weight is 226 g/mol. The molecule has 1 aromatic rings. The largest absolute Gasteiger partial charge is 0.465 e. The van der Waals surface area contributed by atoms with Gasteiger partial charge in [0.25, 0.3) is 0 Å². The van der Waals surface area contributed by atoms with E-state index in [-0.39, 0.29) is 5.97 Å². The molecule has 1 heterocycles. The maximum Gasteiger partial charge on any atom is 0.339 e. The average Bonchev–Trinajstić information content (AvgIpc) is 2.29. The Hall–Kier alpha value is -1.35. The van der Waals surface area contributed by atoms with Crippen LogP contribution in [0.25, 0.3) is 6.08 Å². The number of rotatable bonds is 4. The van der Waals surface area contributed by atoms with Crippen molar-refractivity contribution in [2.75, 3.05) is 13.0 Å². The number of hydrogen-bond donors (Lipinski definition) is 0. The van der Waals surface area contributed by atoms with Crippen LogP contribution in [0.15, 0.2) is 24.4 Å². The Bertz CT molecular complexity index is 346. The van der Waals surface area contributed by atoms with Gasteiger partial charge in [0, 0.05) is 12.1 Å². The minimum atomic E-state index is -0.376. The molecule has 0 saturated heterocycles. The molecule has 15 heavy (non-hydrogen) atoms. The highest BCUT2D eigenvalue weighted by molar-refractivity contribution is 6.17. The molecule has 0 saturated carbocycles. The van der Waals surface area contributed by atoms with Crippen molar-refractivity contribution in [2.24, 2.45) is 0 Å². The molecule has 3 nitrogen and oxygen atoms in total. The van der Waals surface area contributed by atoms with Gasteiger partial charge in [-0.2, -0.15) is 0 Å². The maximum atomic E-state index is 11.1. The number of carbonyl (C=O) groups is 1. The molecule has 0 N–H and O–H groups in total. The van der Waals surface area contributed by atoms with Crippen molar-refractivity contribution in [3.63, 3.8) is 0 Å². The van der Waals surface area contributed by atoms with Crippen molar-refractivity contribution in [3.8, 4) is 0 Å². The molecule has 0 atom stereocenters. The van der Waals surface area contributed by atoms with E-state index in [4.69, 9.17) is 11.6 Å². The number of aromatic nitrogens is 1. The zero-order chi connectivity index (χ0) is 11.1. The summed E-state index contributed by atoms with van der Waals surface area (Å²) in [4.78, 5) is 15.2. The number of pyridine rings is 1. The van der Waals surface area contributed by atoms with Crippen LogP contribution in [0.2, 0.25) is 0 Å². The van der Waals surface area contributed by atoms with E-state index in [2.05, 4.69) is 9.72 Å². The molecule has 0 radical (unpaired) electrons. The summed E-state index contributed by atoms with van der Waals surface area (Å²) in [6, 6.07) is 3.44. The van der Waals surface area contributed by atoms with Gasteiger partial charge in [0.1, 0.15) is 0 Å². The van der Waals surface area contributed by atoms with E-state index in [1.807, 2.05) is 12.2 Å². The van der Waals surface area contributed by atoms with Crippen LogP contribution in [0.5, 0.6) is 0 Å². The van der Waals surface area contributed by atoms with E-state index in [9.17, 15) is 4.79 Å². The van der Waals surface area contributed by atoms with E-state index < -0.39 is 0 Å². The van der Waals surface area contributed by atoms with Gasteiger partial charge in [-0.1, -0.05) is 6.08 Å². The van der Waals surface area contributed by atoms with E-state index in [1.54, 1.807) is 12.1 Å². The highest BCUT2D eigenvalue weighted by atomic mass is 35.5. The lowest BCUT2D eigenvalue weighted by molar-refractivity contribution is 0.0600. The molecule has 0 aliphatic heterocycles. The van der Waals surface area contributed by atoms with Crippen molar-refractivity contribution in [1.82, 2.24) is 4.98 Å². The van der Waals surface area contributed by atoms with Gasteiger partial charge >= 0.3 is 5.97 Å². The minimum absolute atomic E-state index is 0.376. The zero-order valence-electron chi connectivity index (χ0n) is 8.44. The van der Waals surface area contributed by atoms with Crippen LogP contribution >= 0.6 is 11.6 Å². The molecule has 4 heteroatoms. The molecular formula is C11H12ClNO2. The Morgan fingerprint density at radius 1 is 1.60 bits per heavy atom. The van der Waals surface area contributed by atoms with Gasteiger partial charge in [-0.3, -0.25) is 4.98 Å². The molecule has 0 bridgehead atoms. The van der Waals surface area contributed by atoms with Gasteiger partial charge in [-0.05, 0) is 24.6 Å². The zero-order valence-corrected chi connectivity index (χ0v) is 9.20. The van der Waals surface area contributed by atoms with E-state index >= 15 is 0 Å². The van der Waals surface area contributed by atoms with Gasteiger partial charge in [0.15, 0.2) is 0 Å². The number of esters is 1. The van der Waals surface area contributed by atoms with Gasteiger partial charge in [0.05, 0.1) is 18.4 Å². The first-order valence-electron chi connectivity index (χ1n) is 4.55. The van der Waals surface area contributed by atoms with Crippen LogP contribution in [-0.4, -0.2) is 23.9 Å². The summed E-state index contributed by atoms with van der Waals surface area (Å²) < 4.78 is 4.56. The monoisotopic (exact) mass is 225 g/mol. The normalized spacial score (nSPS) is 10.5. The van der Waals surface area contributed by atoms with Crippen molar-refractivity contribution < 1.29 is 9.53 Å². The Morgan fingerprint density at radius 3 is 2.93 bits per heavy atom. The first-order chi connectivity index (χ1) is 7.27. The smallest absolute Gasteiger partial charge is 0.339 e. The number of carbonyl (C=O) groups excluding carboxylic acids is 1. The SMILES string of the molecule is COC(=O)c1ccc(C=CCCCl)nc1. The van der Waals surface area contributed by atoms with E-state index in [1.165, 1.54) is 13.3 Å². The molecule has 1 aromatic heterocycles. The number of allylic oxidation sites excluding steroid dienone is 1. The summed E-state index contributed by atoms with van der Waals surface area (Å²) in [5.74, 6) is 0.218. The number of hydrogen-bond acceptors (Lipinski definition) is 3. The Balaban J connectivity index is 2.68. The lowest BCUT2D eigenvalue weighted by atomic mass is 10.2. The number of nitrogens with zero attached hydrogens (tertiary/aromatic N) is 1. The third-order valence-corrected chi connectivity index (χ3v) is 1.99. The maximum absolute atomic E-state index is 11.1. The minimum Gasteiger partial charge on any atom is -0.465 e. The summed E-state index contributed by atoms with van der Waals surface area (Å²) in [5.41, 5.74) is 1.25. The predicted octanol–water partition coefficient (Wildman–Crippen LogP) is 2.51. The summed E-state index contributed by atoms with van der Waals surface area (Å²) in [7, 11) is 1.34. The first-order valence-corrected chi connectivity index (χ1v) is 5.08. The number of alkyl halides is 1. The molecule has 80 valence electrons. The highest BCUT2D eigenvalue weighted by Gasteiger charge is 2.03. The Kier molecular flexibility index (Phi) is 4.84. The summed E-state index contributed by atoms with van der Waals surface area (Å²) in [6.45, 7) is 0. The fourth-order valence-corrected chi connectivity index (χ4v) is 1.14. The Morgan fingerprint density at radius 2 is 2.40 bits per heavy atom. The molecule has 0 fully saturated rings. The molecule has 0 unspecified atom stereocenters. The van der Waals surface area contributed by atoms with Crippen LogP contribution in [-0.2, 0) is 4.74 Å². The molecule has 0 aliphatic carbocycles. The van der Waals surface area contributed by atoms with Crippen molar-refractivity contribution in [1.29, 1.82) is 0 Å². The second-order valence-electron chi connectivity index (χ2n) is 2.84. The summed E-state index contributed by atoms with van der Waals surface area (Å²) in [6.07, 6.45) is 6.10. The molecule has 1 rings (SSSR count). The molecule has 0 amide bonds. The number of ether oxygens (including phenoxy) is 1. The van der Waals surface area contributed by atoms with Crippen molar-refractivity contribution >= 4 is 23.6 Å². The molecular weight excluding hydrogens is 214 g/mol. The summed E-state index contributed by atoms with van der Waals surface area (Å²) in [5, 5.41) is 0. The van der Waals surface area contributed by atoms with Crippen LogP contribution < -0.4 is 0 Å². The Labute approximate surface area is 93.7 Å². The highest BCUT2D eigenvalue weighted by Crippen LogP contribution is 2.04. The fourth-order valence-electron chi connectivity index (χ4n) is 1.01. The second kappa shape index (κ2) is 6.19. The van der Waals surface area contributed by atoms with Gasteiger partial charge in [-0.15, -0.1) is 11.6 Å². The van der Waals surface area contributed by atoms with E-state index in [0.29, 0.717) is 11.4 Å². The third kappa shape index (κ3) is 3.72. The number of halogens is 1. The molecule has 0 aliphatic rings. The van der Waals surface area contributed by atoms with Crippen LogP contribution in [0, 0.1) is 0 Å². The van der Waals surface area contributed by atoms with Gasteiger partial charge < -0.3 is 4.74 Å². The fraction of sp³-hybridized carbons (Fsp3) is 0.273. The van der Waals surface area contributed by atoms with E-state index in [0.717, 1.165) is 12.1 Å². The quantitative estimate of drug-likeness (QED) is 0.584. The second-order valence-corrected chi connectivity index (χ2v) is 3.22. The van der Waals surface area contributed by atoms with Crippen LogP contribution in [0.1, 0.15) is 22.5 Å². The van der Waals surface area contributed by atoms with Crippen LogP contribution in [0.4, 0.5) is 0 Å². The van der Waals surface area contributed by atoms with Crippen molar-refractivity contribution in [3.05, 3.63) is 35.7 Å². The third-order valence-electron chi connectivity index (χ3n) is 1.77. The standard InChI is InChI=1S/C11H12ClNO2/c1-15-11(14)9-5-6-10(13-8-9)4-2-3-7-12/h2,4-6,8H,3,7H2,1H3. The van der Waals surface area contributed by atoms with Gasteiger partial charge in [-0.25, -0.2) is 4.79 Å². The first kappa shape index (κ1) is 11.7. The lowest BCUT2D eigenvalue weighted by Gasteiger charge is -1.98. The topological polar surface area (TPSA) is 39.2 Å². The number of methoxy groups -OCH3 is 1.